The molecule has 1 unspecified atom stereocenters. The Balaban J connectivity index is 3.87. The van der Waals surface area contributed by atoms with Crippen molar-refractivity contribution >= 4 is 5.97 Å². The van der Waals surface area contributed by atoms with Crippen LogP contribution in [0.5, 0.6) is 0 Å². The van der Waals surface area contributed by atoms with Gasteiger partial charge in [0.05, 0.1) is 5.92 Å². The second-order valence-electron chi connectivity index (χ2n) is 3.62. The Kier molecular flexibility index (Phi) is 7.42. The van der Waals surface area contributed by atoms with E-state index in [9.17, 15) is 4.79 Å². The van der Waals surface area contributed by atoms with Crippen LogP contribution in [0.3, 0.4) is 0 Å². The van der Waals surface area contributed by atoms with Gasteiger partial charge in [0.1, 0.15) is 0 Å². The molecule has 0 saturated heterocycles. The number of carbonyl (C=O) groups is 1. The van der Waals surface area contributed by atoms with Gasteiger partial charge in [-0.15, -0.1) is 0 Å². The van der Waals surface area contributed by atoms with Crippen molar-refractivity contribution in [1.82, 2.24) is 4.90 Å². The summed E-state index contributed by atoms with van der Waals surface area (Å²) in [6.45, 7) is 6.20. The average Bonchev–Trinajstić information content (AvgIpc) is 2.14. The summed E-state index contributed by atoms with van der Waals surface area (Å²) >= 11 is 0. The molecule has 0 amide bonds. The molecular formula is C10H21NO3. The maximum atomic E-state index is 10.6. The predicted octanol–water partition coefficient (Wildman–Crippen LogP) is 0.802. The van der Waals surface area contributed by atoms with E-state index in [0.717, 1.165) is 19.5 Å². The van der Waals surface area contributed by atoms with Gasteiger partial charge in [-0.05, 0) is 19.4 Å². The second kappa shape index (κ2) is 7.76. The molecular weight excluding hydrogens is 182 g/mol. The normalized spacial score (nSPS) is 13.1. The summed E-state index contributed by atoms with van der Waals surface area (Å²) in [6.07, 6.45) is 1.73. The summed E-state index contributed by atoms with van der Waals surface area (Å²) in [5.74, 6) is -1.09. The molecule has 4 heteroatoms. The van der Waals surface area contributed by atoms with Crippen LogP contribution in [-0.4, -0.2) is 47.3 Å². The van der Waals surface area contributed by atoms with Gasteiger partial charge in [0.2, 0.25) is 0 Å². The van der Waals surface area contributed by atoms with Crippen molar-refractivity contribution < 1.29 is 15.0 Å². The van der Waals surface area contributed by atoms with Crippen LogP contribution in [-0.2, 0) is 4.79 Å². The van der Waals surface area contributed by atoms with E-state index in [-0.39, 0.29) is 12.5 Å². The fourth-order valence-electron chi connectivity index (χ4n) is 1.37. The van der Waals surface area contributed by atoms with Crippen LogP contribution in [0.15, 0.2) is 0 Å². The molecule has 0 radical (unpaired) electrons. The molecule has 0 aromatic heterocycles. The lowest BCUT2D eigenvalue weighted by Crippen LogP contribution is -2.33. The van der Waals surface area contributed by atoms with E-state index in [0.29, 0.717) is 13.0 Å². The molecule has 0 aliphatic carbocycles. The Hall–Kier alpha value is -0.610. The molecule has 0 aromatic carbocycles. The standard InChI is InChI=1S/C10H21NO3/c1-3-5-11(6-4-7-12)8-9(2)10(13)14/h9,12H,3-8H2,1-2H3,(H,13,14). The summed E-state index contributed by atoms with van der Waals surface area (Å²) in [4.78, 5) is 12.7. The molecule has 2 N–H and O–H groups in total. The first-order valence-electron chi connectivity index (χ1n) is 5.17. The third-order valence-corrected chi connectivity index (χ3v) is 2.13. The first-order valence-corrected chi connectivity index (χ1v) is 5.17. The maximum absolute atomic E-state index is 10.6. The minimum atomic E-state index is -0.755. The number of hydrogen-bond acceptors (Lipinski definition) is 3. The number of carboxylic acid groups (broad SMARTS) is 1. The van der Waals surface area contributed by atoms with Gasteiger partial charge in [-0.3, -0.25) is 4.79 Å². The lowest BCUT2D eigenvalue weighted by molar-refractivity contribution is -0.141. The first-order chi connectivity index (χ1) is 6.61. The van der Waals surface area contributed by atoms with E-state index in [4.69, 9.17) is 10.2 Å². The molecule has 0 heterocycles. The van der Waals surface area contributed by atoms with Gasteiger partial charge in [0.15, 0.2) is 0 Å². The molecule has 0 rings (SSSR count). The Morgan fingerprint density at radius 2 is 2.07 bits per heavy atom. The third-order valence-electron chi connectivity index (χ3n) is 2.13. The van der Waals surface area contributed by atoms with E-state index in [2.05, 4.69) is 11.8 Å². The number of aliphatic hydroxyl groups excluding tert-OH is 1. The van der Waals surface area contributed by atoms with Crippen LogP contribution in [0.25, 0.3) is 0 Å². The first kappa shape index (κ1) is 13.4. The molecule has 4 nitrogen and oxygen atoms in total. The Labute approximate surface area is 85.5 Å². The summed E-state index contributed by atoms with van der Waals surface area (Å²) in [5.41, 5.74) is 0. The van der Waals surface area contributed by atoms with Gasteiger partial charge < -0.3 is 15.1 Å². The van der Waals surface area contributed by atoms with E-state index in [1.54, 1.807) is 6.92 Å². The van der Waals surface area contributed by atoms with Gasteiger partial charge in [0, 0.05) is 19.7 Å². The van der Waals surface area contributed by atoms with Gasteiger partial charge in [-0.25, -0.2) is 0 Å². The topological polar surface area (TPSA) is 60.8 Å². The van der Waals surface area contributed by atoms with Gasteiger partial charge in [-0.2, -0.15) is 0 Å². The number of aliphatic hydroxyl groups is 1. The average molecular weight is 203 g/mol. The fraction of sp³-hybridized carbons (Fsp3) is 0.900. The summed E-state index contributed by atoms with van der Waals surface area (Å²) in [6, 6.07) is 0. The van der Waals surface area contributed by atoms with Gasteiger partial charge in [-0.1, -0.05) is 13.8 Å². The Morgan fingerprint density at radius 1 is 1.43 bits per heavy atom. The lowest BCUT2D eigenvalue weighted by atomic mass is 10.1. The molecule has 0 spiro atoms. The zero-order chi connectivity index (χ0) is 11.0. The summed E-state index contributed by atoms with van der Waals surface area (Å²) in [5, 5.41) is 17.4. The molecule has 0 saturated carbocycles. The van der Waals surface area contributed by atoms with Crippen LogP contribution >= 0.6 is 0 Å². The minimum absolute atomic E-state index is 0.168. The van der Waals surface area contributed by atoms with Crippen molar-refractivity contribution in [2.24, 2.45) is 5.92 Å². The number of hydrogen-bond donors (Lipinski definition) is 2. The van der Waals surface area contributed by atoms with Crippen molar-refractivity contribution in [3.63, 3.8) is 0 Å². The van der Waals surface area contributed by atoms with Crippen molar-refractivity contribution in [3.05, 3.63) is 0 Å². The third kappa shape index (κ3) is 5.94. The molecule has 1 atom stereocenters. The van der Waals surface area contributed by atoms with Crippen LogP contribution in [0, 0.1) is 5.92 Å². The number of nitrogens with zero attached hydrogens (tertiary/aromatic N) is 1. The highest BCUT2D eigenvalue weighted by molar-refractivity contribution is 5.69. The molecule has 0 fully saturated rings. The van der Waals surface area contributed by atoms with E-state index in [1.807, 2.05) is 0 Å². The molecule has 0 aliphatic heterocycles. The number of rotatable bonds is 8. The van der Waals surface area contributed by atoms with Crippen LogP contribution in [0.4, 0.5) is 0 Å². The second-order valence-corrected chi connectivity index (χ2v) is 3.62. The van der Waals surface area contributed by atoms with E-state index in [1.165, 1.54) is 0 Å². The highest BCUT2D eigenvalue weighted by Crippen LogP contribution is 2.02. The highest BCUT2D eigenvalue weighted by atomic mass is 16.4. The van der Waals surface area contributed by atoms with E-state index >= 15 is 0 Å². The maximum Gasteiger partial charge on any atom is 0.307 e. The molecule has 0 aliphatic rings. The summed E-state index contributed by atoms with van der Waals surface area (Å²) < 4.78 is 0. The fourth-order valence-corrected chi connectivity index (χ4v) is 1.37. The van der Waals surface area contributed by atoms with E-state index < -0.39 is 5.97 Å². The zero-order valence-corrected chi connectivity index (χ0v) is 9.07. The van der Waals surface area contributed by atoms with Crippen LogP contribution in [0.1, 0.15) is 26.7 Å². The van der Waals surface area contributed by atoms with Gasteiger partial charge in [0.25, 0.3) is 0 Å². The summed E-state index contributed by atoms with van der Waals surface area (Å²) in [7, 11) is 0. The minimum Gasteiger partial charge on any atom is -0.481 e. The van der Waals surface area contributed by atoms with Crippen molar-refractivity contribution in [1.29, 1.82) is 0 Å². The zero-order valence-electron chi connectivity index (χ0n) is 9.07. The Bertz CT molecular complexity index is 161. The highest BCUT2D eigenvalue weighted by Gasteiger charge is 2.14. The van der Waals surface area contributed by atoms with Crippen molar-refractivity contribution in [2.45, 2.75) is 26.7 Å². The predicted molar refractivity (Wildman–Crippen MR) is 55.2 cm³/mol. The lowest BCUT2D eigenvalue weighted by Gasteiger charge is -2.23. The molecule has 0 bridgehead atoms. The quantitative estimate of drug-likeness (QED) is 0.612. The monoisotopic (exact) mass is 203 g/mol. The molecule has 14 heavy (non-hydrogen) atoms. The van der Waals surface area contributed by atoms with Crippen molar-refractivity contribution in [3.8, 4) is 0 Å². The number of carboxylic acids is 1. The Morgan fingerprint density at radius 3 is 2.50 bits per heavy atom. The number of aliphatic carboxylic acids is 1. The van der Waals surface area contributed by atoms with Crippen LogP contribution < -0.4 is 0 Å². The smallest absolute Gasteiger partial charge is 0.307 e. The SMILES string of the molecule is CCCN(CCCO)CC(C)C(=O)O. The van der Waals surface area contributed by atoms with Crippen molar-refractivity contribution in [2.75, 3.05) is 26.2 Å². The molecule has 0 aromatic rings. The van der Waals surface area contributed by atoms with Crippen LogP contribution in [0.2, 0.25) is 0 Å². The van der Waals surface area contributed by atoms with Gasteiger partial charge >= 0.3 is 5.97 Å². The molecule has 84 valence electrons. The largest absolute Gasteiger partial charge is 0.481 e.